The minimum absolute atomic E-state index is 0.536. The third kappa shape index (κ3) is 1.19. The number of ether oxygens (including phenoxy) is 1. The van der Waals surface area contributed by atoms with Crippen molar-refractivity contribution >= 4 is 0 Å². The summed E-state index contributed by atoms with van der Waals surface area (Å²) in [5, 5.41) is 0. The van der Waals surface area contributed by atoms with Crippen LogP contribution in [0.5, 0.6) is 0 Å². The number of hydrogen-bond acceptors (Lipinski definition) is 1. The normalized spacial score (nSPS) is 44.1. The zero-order valence-electron chi connectivity index (χ0n) is 7.83. The Bertz CT molecular complexity index is 192. The van der Waals surface area contributed by atoms with E-state index in [-0.39, 0.29) is 0 Å². The van der Waals surface area contributed by atoms with Crippen LogP contribution in [-0.2, 0) is 4.74 Å². The van der Waals surface area contributed by atoms with Crippen LogP contribution in [0.2, 0.25) is 0 Å². The maximum atomic E-state index is 5.63. The first kappa shape index (κ1) is 8.27. The van der Waals surface area contributed by atoms with E-state index in [0.29, 0.717) is 6.10 Å². The van der Waals surface area contributed by atoms with Crippen molar-refractivity contribution in [2.24, 2.45) is 0 Å². The quantitative estimate of drug-likeness (QED) is 0.348. The summed E-state index contributed by atoms with van der Waals surface area (Å²) in [4.78, 5) is 0. The van der Waals surface area contributed by atoms with Crippen LogP contribution in [-0.4, -0.2) is 42.9 Å². The molecule has 0 saturated carbocycles. The van der Waals surface area contributed by atoms with Crippen LogP contribution in [0.1, 0.15) is 13.3 Å². The first-order valence-corrected chi connectivity index (χ1v) is 4.89. The first-order valence-electron chi connectivity index (χ1n) is 4.89. The number of piperidine rings is 1. The number of rotatable bonds is 4. The van der Waals surface area contributed by atoms with Gasteiger partial charge in [-0.1, -0.05) is 6.58 Å². The van der Waals surface area contributed by atoms with Gasteiger partial charge in [0.05, 0.1) is 6.54 Å². The Labute approximate surface area is 74.4 Å². The maximum Gasteiger partial charge on any atom is 0.142 e. The van der Waals surface area contributed by atoms with Crippen LogP contribution >= 0.6 is 0 Å². The molecular weight excluding hydrogens is 150 g/mol. The molecule has 12 heavy (non-hydrogen) atoms. The molecule has 0 N–H and O–H groups in total. The van der Waals surface area contributed by atoms with E-state index in [2.05, 4.69) is 13.5 Å². The molecule has 2 saturated heterocycles. The van der Waals surface area contributed by atoms with E-state index < -0.39 is 0 Å². The molecule has 2 nitrogen and oxygen atoms in total. The lowest BCUT2D eigenvalue weighted by atomic mass is 10.2. The van der Waals surface area contributed by atoms with Gasteiger partial charge in [-0.2, -0.15) is 0 Å². The molecule has 68 valence electrons. The monoisotopic (exact) mass is 168 g/mol. The molecule has 0 amide bonds. The minimum atomic E-state index is 0.536. The summed E-state index contributed by atoms with van der Waals surface area (Å²) >= 11 is 0. The summed E-state index contributed by atoms with van der Waals surface area (Å²) in [6, 6.07) is 0.902. The number of quaternary nitrogens is 1. The zero-order valence-corrected chi connectivity index (χ0v) is 7.83. The van der Waals surface area contributed by atoms with E-state index in [9.17, 15) is 0 Å². The van der Waals surface area contributed by atoms with Crippen molar-refractivity contribution < 1.29 is 9.22 Å². The molecule has 0 radical (unpaired) electrons. The minimum Gasteiger partial charge on any atom is -0.372 e. The Balaban J connectivity index is 1.87. The summed E-state index contributed by atoms with van der Waals surface area (Å²) < 4.78 is 6.90. The fourth-order valence-corrected chi connectivity index (χ4v) is 2.59. The van der Waals surface area contributed by atoms with Gasteiger partial charge in [-0.3, -0.25) is 0 Å². The molecule has 2 fully saturated rings. The fraction of sp³-hybridized carbons (Fsp3) is 0.800. The summed E-state index contributed by atoms with van der Waals surface area (Å²) in [5.74, 6) is 0. The average molecular weight is 168 g/mol. The second-order valence-corrected chi connectivity index (χ2v) is 4.02. The Morgan fingerprint density at radius 1 is 1.58 bits per heavy atom. The zero-order chi connectivity index (χ0) is 8.60. The van der Waals surface area contributed by atoms with Crippen molar-refractivity contribution in [2.45, 2.75) is 25.5 Å². The second kappa shape index (κ2) is 2.86. The first-order chi connectivity index (χ1) is 5.80. The van der Waals surface area contributed by atoms with Crippen LogP contribution in [0, 0.1) is 0 Å². The Morgan fingerprint density at radius 3 is 3.08 bits per heavy atom. The molecule has 2 heteroatoms. The topological polar surface area (TPSA) is 9.23 Å². The second-order valence-electron chi connectivity index (χ2n) is 4.02. The van der Waals surface area contributed by atoms with Gasteiger partial charge in [-0.15, -0.1) is 0 Å². The SMILES string of the molecule is C=CC[N@@+]12C[C@H](OCC)C[C@@H]1C2. The molecule has 2 aliphatic rings. The highest BCUT2D eigenvalue weighted by atomic mass is 16.5. The Hall–Kier alpha value is -0.340. The predicted octanol–water partition coefficient (Wildman–Crippen LogP) is 1.18. The summed E-state index contributed by atoms with van der Waals surface area (Å²) in [6.07, 6.45) is 3.87. The highest BCUT2D eigenvalue weighted by Crippen LogP contribution is 2.41. The van der Waals surface area contributed by atoms with Crippen LogP contribution in [0.3, 0.4) is 0 Å². The van der Waals surface area contributed by atoms with Gasteiger partial charge in [0.2, 0.25) is 0 Å². The van der Waals surface area contributed by atoms with E-state index in [1.807, 2.05) is 6.08 Å². The smallest absolute Gasteiger partial charge is 0.142 e. The lowest BCUT2D eigenvalue weighted by molar-refractivity contribution is -0.798. The van der Waals surface area contributed by atoms with Crippen LogP contribution < -0.4 is 0 Å². The van der Waals surface area contributed by atoms with E-state index in [4.69, 9.17) is 4.74 Å². The van der Waals surface area contributed by atoms with Crippen molar-refractivity contribution in [3.63, 3.8) is 0 Å². The van der Waals surface area contributed by atoms with Crippen molar-refractivity contribution in [2.75, 3.05) is 26.2 Å². The molecular formula is C10H18NO+. The fourth-order valence-electron chi connectivity index (χ4n) is 2.59. The van der Waals surface area contributed by atoms with Crippen molar-refractivity contribution in [1.82, 2.24) is 0 Å². The molecule has 0 aromatic rings. The van der Waals surface area contributed by atoms with Gasteiger partial charge < -0.3 is 9.22 Å². The molecule has 0 aromatic heterocycles. The van der Waals surface area contributed by atoms with E-state index in [1.54, 1.807) is 0 Å². The highest BCUT2D eigenvalue weighted by molar-refractivity contribution is 4.89. The summed E-state index contributed by atoms with van der Waals surface area (Å²) in [7, 11) is 0. The third-order valence-electron chi connectivity index (χ3n) is 3.21. The lowest BCUT2D eigenvalue weighted by Crippen LogP contribution is -2.31. The third-order valence-corrected chi connectivity index (χ3v) is 3.21. The van der Waals surface area contributed by atoms with Crippen LogP contribution in [0.25, 0.3) is 0 Å². The lowest BCUT2D eigenvalue weighted by Gasteiger charge is -2.16. The van der Waals surface area contributed by atoms with Crippen LogP contribution in [0.15, 0.2) is 12.7 Å². The van der Waals surface area contributed by atoms with Crippen molar-refractivity contribution in [3.05, 3.63) is 12.7 Å². The van der Waals surface area contributed by atoms with Gasteiger partial charge in [0.15, 0.2) is 0 Å². The van der Waals surface area contributed by atoms with Gasteiger partial charge in [-0.25, -0.2) is 0 Å². The molecule has 0 bridgehead atoms. The maximum absolute atomic E-state index is 5.63. The van der Waals surface area contributed by atoms with Gasteiger partial charge in [0.25, 0.3) is 0 Å². The number of nitrogens with zero attached hydrogens (tertiary/aromatic N) is 1. The Morgan fingerprint density at radius 2 is 2.42 bits per heavy atom. The van der Waals surface area contributed by atoms with Crippen LogP contribution in [0.4, 0.5) is 0 Å². The van der Waals surface area contributed by atoms with Gasteiger partial charge >= 0.3 is 0 Å². The molecule has 3 atom stereocenters. The Kier molecular flexibility index (Phi) is 1.97. The summed E-state index contributed by atoms with van der Waals surface area (Å²) in [6.45, 7) is 10.5. The predicted molar refractivity (Wildman–Crippen MR) is 48.9 cm³/mol. The molecule has 0 aliphatic carbocycles. The molecule has 0 spiro atoms. The molecule has 2 heterocycles. The standard InChI is InChI=1S/C10H18NO/c1-3-5-11-7-9(11)6-10(8-11)12-4-2/h3,9-10H,1,4-8H2,2H3/q+1/t9-,10-,11-/m1/s1. The average Bonchev–Trinajstić information content (AvgIpc) is 2.55. The van der Waals surface area contributed by atoms with E-state index in [0.717, 1.165) is 19.2 Å². The highest BCUT2D eigenvalue weighted by Gasteiger charge is 2.61. The van der Waals surface area contributed by atoms with E-state index >= 15 is 0 Å². The molecule has 2 rings (SSSR count). The number of fused-ring (bicyclic) bond motifs is 1. The van der Waals surface area contributed by atoms with Gasteiger partial charge in [-0.05, 0) is 13.0 Å². The molecule has 0 unspecified atom stereocenters. The van der Waals surface area contributed by atoms with Crippen molar-refractivity contribution in [3.8, 4) is 0 Å². The summed E-state index contributed by atoms with van der Waals surface area (Å²) in [5.41, 5.74) is 0. The molecule has 0 aromatic carbocycles. The van der Waals surface area contributed by atoms with Crippen molar-refractivity contribution in [1.29, 1.82) is 0 Å². The number of hydrogen-bond donors (Lipinski definition) is 0. The van der Waals surface area contributed by atoms with Gasteiger partial charge in [0, 0.05) is 13.0 Å². The van der Waals surface area contributed by atoms with E-state index in [1.165, 1.54) is 24.0 Å². The van der Waals surface area contributed by atoms with Gasteiger partial charge in [0.1, 0.15) is 25.2 Å². The molecule has 2 aliphatic heterocycles. The largest absolute Gasteiger partial charge is 0.372 e.